The van der Waals surface area contributed by atoms with Gasteiger partial charge >= 0.3 is 6.09 Å². The third kappa shape index (κ3) is 9.10. The molecular weight excluding hydrogens is 795 g/mol. The van der Waals surface area contributed by atoms with Crippen LogP contribution in [0.3, 0.4) is 0 Å². The molecule has 322 valence electrons. The summed E-state index contributed by atoms with van der Waals surface area (Å²) in [7, 11) is -2.46. The van der Waals surface area contributed by atoms with E-state index in [4.69, 9.17) is 28.7 Å². The van der Waals surface area contributed by atoms with E-state index < -0.39 is 69.4 Å². The van der Waals surface area contributed by atoms with Gasteiger partial charge in [-0.15, -0.1) is 6.58 Å². The smallest absolute Gasteiger partial charge is 0.408 e. The average Bonchev–Trinajstić information content (AvgIpc) is 3.62. The summed E-state index contributed by atoms with van der Waals surface area (Å²) in [6.07, 6.45) is 3.27. The van der Waals surface area contributed by atoms with E-state index >= 15 is 0 Å². The molecule has 7 rings (SSSR count). The maximum absolute atomic E-state index is 14.6. The van der Waals surface area contributed by atoms with E-state index in [1.165, 1.54) is 11.0 Å². The number of ether oxygens (including phenoxy) is 5. The Bertz CT molecular complexity index is 2280. The molecule has 5 atom stereocenters. The number of hydrogen-bond acceptors (Lipinski definition) is 12. The molecule has 0 bridgehead atoms. The molecule has 3 fully saturated rings. The molecule has 2 saturated carbocycles. The van der Waals surface area contributed by atoms with Crippen LogP contribution in [0.25, 0.3) is 22.2 Å². The van der Waals surface area contributed by atoms with Gasteiger partial charge in [0.05, 0.1) is 30.6 Å². The second-order valence-electron chi connectivity index (χ2n) is 16.7. The first-order chi connectivity index (χ1) is 28.6. The van der Waals surface area contributed by atoms with Crippen LogP contribution in [0.5, 0.6) is 23.0 Å². The van der Waals surface area contributed by atoms with Gasteiger partial charge < -0.3 is 39.2 Å². The summed E-state index contributed by atoms with van der Waals surface area (Å²) >= 11 is 0. The van der Waals surface area contributed by atoms with Gasteiger partial charge in [-0.05, 0) is 74.3 Å². The van der Waals surface area contributed by atoms with Gasteiger partial charge in [-0.2, -0.15) is 0 Å². The van der Waals surface area contributed by atoms with Crippen molar-refractivity contribution in [1.29, 1.82) is 0 Å². The average molecular weight is 848 g/mol. The number of amides is 4. The fourth-order valence-corrected chi connectivity index (χ4v) is 9.65. The summed E-state index contributed by atoms with van der Waals surface area (Å²) < 4.78 is 56.8. The van der Waals surface area contributed by atoms with Crippen LogP contribution in [0.2, 0.25) is 0 Å². The van der Waals surface area contributed by atoms with Crippen molar-refractivity contribution in [3.05, 3.63) is 55.1 Å². The monoisotopic (exact) mass is 847 g/mol. The van der Waals surface area contributed by atoms with Crippen molar-refractivity contribution < 1.29 is 51.3 Å². The van der Waals surface area contributed by atoms with Crippen LogP contribution >= 0.6 is 0 Å². The summed E-state index contributed by atoms with van der Waals surface area (Å²) in [6, 6.07) is 10.4. The predicted octanol–water partition coefficient (Wildman–Crippen LogP) is 4.84. The van der Waals surface area contributed by atoms with Crippen molar-refractivity contribution in [2.24, 2.45) is 17.8 Å². The van der Waals surface area contributed by atoms with Crippen molar-refractivity contribution in [2.75, 3.05) is 26.2 Å². The topological polar surface area (TPSA) is 201 Å². The molecule has 2 aliphatic carbocycles. The number of nitrogens with one attached hydrogen (secondary N) is 3. The second-order valence-corrected chi connectivity index (χ2v) is 18.5. The predicted molar refractivity (Wildman–Crippen MR) is 221 cm³/mol. The highest BCUT2D eigenvalue weighted by atomic mass is 32.2. The van der Waals surface area contributed by atoms with Gasteiger partial charge in [0.1, 0.15) is 41.3 Å². The Hall–Kier alpha value is -5.58. The minimum absolute atomic E-state index is 0.00363. The van der Waals surface area contributed by atoms with Crippen LogP contribution in [0, 0.1) is 17.8 Å². The zero-order chi connectivity index (χ0) is 42.9. The van der Waals surface area contributed by atoms with E-state index in [-0.39, 0.29) is 44.0 Å². The molecule has 2 aromatic carbocycles. The SMILES string of the molecule is C=C[C@@H]1C[C@]1(NC(=O)[C@@H]1C[C@@H](Oc2cc(-c3ccc4c(c3)OCO4)nc3cc(OC)ccc23)CN1C(=O)[C@@H](NC(=O)OC1CCCC1)C(C)C)C(=O)NS(=O)(=O)CC(C)C. The first kappa shape index (κ1) is 42.5. The third-order valence-corrected chi connectivity index (χ3v) is 13.0. The lowest BCUT2D eigenvalue weighted by Gasteiger charge is -2.31. The highest BCUT2D eigenvalue weighted by Gasteiger charge is 2.61. The van der Waals surface area contributed by atoms with Gasteiger partial charge in [0.25, 0.3) is 5.91 Å². The van der Waals surface area contributed by atoms with E-state index in [0.717, 1.165) is 31.2 Å². The Balaban J connectivity index is 1.20. The van der Waals surface area contributed by atoms with Crippen molar-refractivity contribution in [3.8, 4) is 34.3 Å². The number of aromatic nitrogens is 1. The van der Waals surface area contributed by atoms with Crippen molar-refractivity contribution in [3.63, 3.8) is 0 Å². The van der Waals surface area contributed by atoms with Crippen LogP contribution in [0.4, 0.5) is 4.79 Å². The number of likely N-dealkylation sites (tertiary alicyclic amines) is 1. The number of hydrogen-bond donors (Lipinski definition) is 3. The molecule has 4 amide bonds. The number of pyridine rings is 1. The molecule has 1 saturated heterocycles. The normalized spacial score (nSPS) is 22.7. The molecule has 3 heterocycles. The van der Waals surface area contributed by atoms with Crippen molar-refractivity contribution in [2.45, 2.75) is 96.1 Å². The molecule has 2 aliphatic heterocycles. The molecule has 4 aliphatic rings. The summed E-state index contributed by atoms with van der Waals surface area (Å²) in [5, 5.41) is 6.21. The summed E-state index contributed by atoms with van der Waals surface area (Å²) in [5.41, 5.74) is 0.245. The maximum atomic E-state index is 14.6. The lowest BCUT2D eigenvalue weighted by molar-refractivity contribution is -0.141. The van der Waals surface area contributed by atoms with E-state index in [1.54, 1.807) is 59.1 Å². The molecule has 1 aromatic heterocycles. The largest absolute Gasteiger partial charge is 0.497 e. The van der Waals surface area contributed by atoms with Gasteiger partial charge in [0.15, 0.2) is 11.5 Å². The molecule has 0 spiro atoms. The quantitative estimate of drug-likeness (QED) is 0.176. The van der Waals surface area contributed by atoms with E-state index in [0.29, 0.717) is 39.6 Å². The summed E-state index contributed by atoms with van der Waals surface area (Å²) in [5.74, 6) is -1.43. The van der Waals surface area contributed by atoms with Crippen molar-refractivity contribution in [1.82, 2.24) is 25.2 Å². The second kappa shape index (κ2) is 17.2. The molecule has 0 radical (unpaired) electrons. The fraction of sp³-hybridized carbons (Fsp3) is 0.512. The lowest BCUT2D eigenvalue weighted by atomic mass is 10.0. The number of rotatable bonds is 15. The highest BCUT2D eigenvalue weighted by molar-refractivity contribution is 7.90. The van der Waals surface area contributed by atoms with E-state index in [2.05, 4.69) is 21.9 Å². The number of carbonyl (C=O) groups is 4. The number of benzene rings is 2. The van der Waals surface area contributed by atoms with Gasteiger partial charge in [0, 0.05) is 35.4 Å². The molecule has 60 heavy (non-hydrogen) atoms. The van der Waals surface area contributed by atoms with Crippen LogP contribution < -0.4 is 34.3 Å². The summed E-state index contributed by atoms with van der Waals surface area (Å²) in [4.78, 5) is 62.1. The Kier molecular flexibility index (Phi) is 12.2. The number of sulfonamides is 1. The van der Waals surface area contributed by atoms with E-state index in [1.807, 2.05) is 18.2 Å². The number of nitrogens with zero attached hydrogens (tertiary/aromatic N) is 2. The highest BCUT2D eigenvalue weighted by Crippen LogP contribution is 2.45. The zero-order valence-electron chi connectivity index (χ0n) is 34.5. The summed E-state index contributed by atoms with van der Waals surface area (Å²) in [6.45, 7) is 10.8. The lowest BCUT2D eigenvalue weighted by Crippen LogP contribution is -2.59. The van der Waals surface area contributed by atoms with Gasteiger partial charge in [0.2, 0.25) is 28.6 Å². The van der Waals surface area contributed by atoms with Crippen LogP contribution in [-0.4, -0.2) is 98.1 Å². The molecule has 16 nitrogen and oxygen atoms in total. The molecule has 17 heteroatoms. The van der Waals surface area contributed by atoms with Crippen LogP contribution in [-0.2, 0) is 29.1 Å². The van der Waals surface area contributed by atoms with Crippen LogP contribution in [0.1, 0.15) is 66.2 Å². The van der Waals surface area contributed by atoms with Gasteiger partial charge in [-0.1, -0.05) is 33.8 Å². The first-order valence-electron chi connectivity index (χ1n) is 20.4. The molecule has 0 unspecified atom stereocenters. The number of carbonyl (C=O) groups excluding carboxylic acids is 4. The Labute approximate surface area is 349 Å². The molecule has 3 aromatic rings. The first-order valence-corrected chi connectivity index (χ1v) is 22.1. The van der Waals surface area contributed by atoms with E-state index in [9.17, 15) is 27.6 Å². The van der Waals surface area contributed by atoms with Gasteiger partial charge in [-0.3, -0.25) is 19.1 Å². The standard InChI is InChI=1S/C43H53N5O11S/c1-7-27-20-43(27,41(51)47-60(53,54)22-24(2)3)46-39(49)34-18-30(21-48(34)40(50)38(25(4)5)45-42(52)59-28-10-8-9-11-28)58-36-19-32(26-12-15-35-37(16-26)57-23-56-35)44-33-17-29(55-6)13-14-31(33)36/h7,12-17,19,24-25,27-28,30,34,38H,1,8-11,18,20-23H2,2-6H3,(H,45,52)(H,46,49)(H,47,51)/t27-,30-,34+,38+,43-/m1/s1. The van der Waals surface area contributed by atoms with Crippen LogP contribution in [0.15, 0.2) is 55.1 Å². The minimum atomic E-state index is -4.02. The van der Waals surface area contributed by atoms with Crippen molar-refractivity contribution >= 4 is 44.7 Å². The molecular formula is C43H53N5O11S. The number of alkyl carbamates (subject to hydrolysis) is 1. The molecule has 3 N–H and O–H groups in total. The number of methoxy groups -OCH3 is 1. The Morgan fingerprint density at radius 1 is 1.02 bits per heavy atom. The zero-order valence-corrected chi connectivity index (χ0v) is 35.3. The Morgan fingerprint density at radius 3 is 2.45 bits per heavy atom. The number of fused-ring (bicyclic) bond motifs is 2. The Morgan fingerprint density at radius 2 is 1.77 bits per heavy atom. The third-order valence-electron chi connectivity index (χ3n) is 11.4. The van der Waals surface area contributed by atoms with Gasteiger partial charge in [-0.25, -0.2) is 18.2 Å². The minimum Gasteiger partial charge on any atom is -0.497 e. The fourth-order valence-electron chi connectivity index (χ4n) is 8.22. The maximum Gasteiger partial charge on any atom is 0.408 e.